The molecule has 0 aromatic rings. The Hall–Kier alpha value is 0.974. The fourth-order valence-corrected chi connectivity index (χ4v) is 12.0. The summed E-state index contributed by atoms with van der Waals surface area (Å²) in [6, 6.07) is 0. The number of fused-ring (bicyclic) bond motifs is 20. The smallest absolute Gasteiger partial charge is 0.286 e. The normalized spacial score (nSPS) is 41.6. The quantitative estimate of drug-likeness (QED) is 0.0943. The van der Waals surface area contributed by atoms with Crippen molar-refractivity contribution in [2.45, 2.75) is 152 Å². The SMILES string of the molecule is C1CCC2C3NC(NC4NC(NC5NC(NC6NC(N3)C3CCCCC63)C3CCCCC53)C3CCCCC43)C2C1.O=S(=O)(O)Cl.O=S(=O)(O)Cl.O=S(=O)(O)Cl.O=S(=O)(O)Cl.[Ni]. The molecule has 0 aromatic heterocycles. The molecule has 61 heavy (non-hydrogen) atoms. The van der Waals surface area contributed by atoms with Crippen molar-refractivity contribution in [2.75, 3.05) is 0 Å². The van der Waals surface area contributed by atoms with Crippen LogP contribution in [0.2, 0.25) is 0 Å². The van der Waals surface area contributed by atoms with Crippen LogP contribution in [0.4, 0.5) is 0 Å². The van der Waals surface area contributed by atoms with Gasteiger partial charge in [0.05, 0.1) is 49.3 Å². The number of rotatable bonds is 0. The van der Waals surface area contributed by atoms with Gasteiger partial charge in [0.15, 0.2) is 0 Å². The van der Waals surface area contributed by atoms with E-state index in [9.17, 15) is 0 Å². The van der Waals surface area contributed by atoms with Gasteiger partial charge >= 0.3 is 37.3 Å². The van der Waals surface area contributed by atoms with Gasteiger partial charge in [0, 0.05) is 59.2 Å². The van der Waals surface area contributed by atoms with Gasteiger partial charge in [-0.1, -0.05) is 51.4 Å². The Morgan fingerprint density at radius 1 is 0.279 bits per heavy atom. The standard InChI is InChI=1S/C32H56N8.4ClHO3S.Ni/c1-2-10-18-17(9-1)25-33-26(18)38-28-21-13-5-6-14-22(21)30(35-28)40-32-24-16-8-7-15-23(24)31(36-32)39-29-20-12-4-3-11-19(20)27(34-29)37-25;4*1-5(2,3)4;/h17-40H,1-16H2;4*(H,2,3,4);. The maximum Gasteiger partial charge on any atom is 0.353 e. The van der Waals surface area contributed by atoms with E-state index in [2.05, 4.69) is 85.3 Å². The number of halogens is 4. The Labute approximate surface area is 387 Å². The van der Waals surface area contributed by atoms with Crippen LogP contribution in [0.25, 0.3) is 0 Å². The van der Waals surface area contributed by atoms with Crippen molar-refractivity contribution >= 4 is 80.1 Å². The summed E-state index contributed by atoms with van der Waals surface area (Å²) in [5, 5.41) is 33.8. The first-order valence-corrected chi connectivity index (χ1v) is 29.6. The third kappa shape index (κ3) is 17.9. The molecule has 8 atom stereocenters. The minimum Gasteiger partial charge on any atom is -0.286 e. The maximum atomic E-state index is 8.95. The van der Waals surface area contributed by atoms with Gasteiger partial charge in [-0.15, -0.1) is 0 Å². The third-order valence-electron chi connectivity index (χ3n) is 13.8. The summed E-state index contributed by atoms with van der Waals surface area (Å²) >= 11 is 0. The number of hydrogen-bond acceptors (Lipinski definition) is 16. The molecule has 0 radical (unpaired) electrons. The van der Waals surface area contributed by atoms with E-state index in [4.69, 9.17) is 51.9 Å². The summed E-state index contributed by atoms with van der Waals surface area (Å²) in [6.07, 6.45) is 25.6. The Morgan fingerprint density at radius 2 is 0.361 bits per heavy atom. The molecule has 0 aromatic carbocycles. The van der Waals surface area contributed by atoms with Crippen molar-refractivity contribution in [3.63, 3.8) is 0 Å². The van der Waals surface area contributed by atoms with Gasteiger partial charge in [-0.2, -0.15) is 33.7 Å². The Kier molecular flexibility index (Phi) is 20.9. The van der Waals surface area contributed by atoms with Crippen LogP contribution in [-0.2, 0) is 53.8 Å². The third-order valence-corrected chi connectivity index (χ3v) is 13.8. The zero-order valence-electron chi connectivity index (χ0n) is 33.1. The summed E-state index contributed by atoms with van der Waals surface area (Å²) in [6.45, 7) is 0. The van der Waals surface area contributed by atoms with Crippen LogP contribution in [-0.4, -0.2) is 101 Å². The van der Waals surface area contributed by atoms with Gasteiger partial charge in [-0.3, -0.25) is 60.7 Å². The van der Waals surface area contributed by atoms with Crippen LogP contribution in [0.15, 0.2) is 0 Å². The Bertz CT molecular complexity index is 1510. The molecule has 29 heteroatoms. The number of nitrogens with one attached hydrogen (secondary N) is 8. The zero-order valence-corrected chi connectivity index (χ0v) is 40.3. The molecule has 9 rings (SSSR count). The summed E-state index contributed by atoms with van der Waals surface area (Å²) < 4.78 is 101. The van der Waals surface area contributed by atoms with Gasteiger partial charge in [0.25, 0.3) is 0 Å². The van der Waals surface area contributed by atoms with Crippen LogP contribution >= 0.6 is 42.7 Å². The second kappa shape index (κ2) is 23.3. The molecule has 8 bridgehead atoms. The van der Waals surface area contributed by atoms with Crippen molar-refractivity contribution in [3.8, 4) is 0 Å². The molecule has 8 unspecified atom stereocenters. The van der Waals surface area contributed by atoms with Crippen LogP contribution in [0.3, 0.4) is 0 Å². The van der Waals surface area contributed by atoms with Crippen LogP contribution in [0, 0.1) is 47.3 Å². The summed E-state index contributed by atoms with van der Waals surface area (Å²) in [7, 11) is -0.546. The monoisotopic (exact) mass is 1070 g/mol. The summed E-state index contributed by atoms with van der Waals surface area (Å²) in [4.78, 5) is 0. The largest absolute Gasteiger partial charge is 0.353 e. The minimum atomic E-state index is -4.19. The van der Waals surface area contributed by atoms with E-state index in [0.717, 1.165) is 47.3 Å². The molecule has 20 nitrogen and oxygen atoms in total. The average Bonchev–Trinajstić information content (AvgIpc) is 3.85. The van der Waals surface area contributed by atoms with Gasteiger partial charge in [0.2, 0.25) is 0 Å². The molecule has 12 N–H and O–H groups in total. The van der Waals surface area contributed by atoms with E-state index in [1.54, 1.807) is 0 Å². The zero-order chi connectivity index (χ0) is 44.2. The maximum absolute atomic E-state index is 8.95. The van der Waals surface area contributed by atoms with Crippen molar-refractivity contribution in [3.05, 3.63) is 0 Å². The topological polar surface area (TPSA) is 314 Å². The average molecular weight is 1080 g/mol. The summed E-state index contributed by atoms with van der Waals surface area (Å²) in [5.41, 5.74) is 0. The van der Waals surface area contributed by atoms with E-state index in [-0.39, 0.29) is 16.5 Å². The van der Waals surface area contributed by atoms with Gasteiger partial charge in [-0.05, 0) is 98.7 Å². The fourth-order valence-electron chi connectivity index (χ4n) is 12.0. The second-order valence-corrected chi connectivity index (χ2v) is 25.2. The van der Waals surface area contributed by atoms with Crippen LogP contribution in [0.1, 0.15) is 103 Å². The van der Waals surface area contributed by atoms with Crippen molar-refractivity contribution in [1.82, 2.24) is 42.5 Å². The van der Waals surface area contributed by atoms with Gasteiger partial charge in [-0.25, -0.2) is 0 Å². The van der Waals surface area contributed by atoms with Gasteiger partial charge in [0.1, 0.15) is 0 Å². The first kappa shape index (κ1) is 54.6. The molecule has 0 amide bonds. The van der Waals surface area contributed by atoms with E-state index < -0.39 is 37.3 Å². The van der Waals surface area contributed by atoms with E-state index in [0.29, 0.717) is 49.3 Å². The Balaban J connectivity index is 0.000000329. The molecular weight excluding hydrogens is 1020 g/mol. The molecule has 5 aliphatic heterocycles. The predicted molar refractivity (Wildman–Crippen MR) is 227 cm³/mol. The Morgan fingerprint density at radius 3 is 0.443 bits per heavy atom. The molecule has 4 saturated carbocycles. The molecule has 362 valence electrons. The van der Waals surface area contributed by atoms with Crippen molar-refractivity contribution in [2.24, 2.45) is 47.3 Å². The second-order valence-electron chi connectivity index (χ2n) is 17.3. The molecule has 9 aliphatic rings. The molecule has 5 heterocycles. The van der Waals surface area contributed by atoms with Crippen LogP contribution < -0.4 is 42.5 Å². The molecule has 5 saturated heterocycles. The predicted octanol–water partition coefficient (Wildman–Crippen LogP) is 2.72. The first-order chi connectivity index (χ1) is 27.8. The van der Waals surface area contributed by atoms with Crippen LogP contribution in [0.5, 0.6) is 0 Å². The van der Waals surface area contributed by atoms with E-state index in [1.165, 1.54) is 103 Å². The van der Waals surface area contributed by atoms with E-state index >= 15 is 0 Å². The molecule has 4 aliphatic carbocycles. The van der Waals surface area contributed by atoms with Gasteiger partial charge < -0.3 is 0 Å². The molecule has 0 spiro atoms. The van der Waals surface area contributed by atoms with Crippen molar-refractivity contribution in [1.29, 1.82) is 0 Å². The first-order valence-electron chi connectivity index (χ1n) is 20.6. The fraction of sp³-hybridized carbons (Fsp3) is 1.00. The molecule has 9 fully saturated rings. The summed E-state index contributed by atoms with van der Waals surface area (Å²) in [5.74, 6) is 5.97. The minimum absolute atomic E-state index is 0. The van der Waals surface area contributed by atoms with E-state index in [1.807, 2.05) is 0 Å². The molecular formula is C32H60Cl4N8NiO12S4. The number of hydrogen-bond donors (Lipinski definition) is 12. The van der Waals surface area contributed by atoms with Crippen molar-refractivity contribution < 1.29 is 68.4 Å².